The Morgan fingerprint density at radius 3 is 2.45 bits per heavy atom. The highest BCUT2D eigenvalue weighted by Gasteiger charge is 2.37. The minimum absolute atomic E-state index is 0.109. The Morgan fingerprint density at radius 2 is 1.75 bits per heavy atom. The van der Waals surface area contributed by atoms with Crippen molar-refractivity contribution < 1.29 is 14.6 Å². The third kappa shape index (κ3) is 2.66. The molecule has 1 amide bonds. The van der Waals surface area contributed by atoms with Crippen LogP contribution in [0.2, 0.25) is 0 Å². The summed E-state index contributed by atoms with van der Waals surface area (Å²) >= 11 is 0. The van der Waals surface area contributed by atoms with Crippen molar-refractivity contribution in [3.63, 3.8) is 0 Å². The van der Waals surface area contributed by atoms with E-state index >= 15 is 0 Å². The van der Waals surface area contributed by atoms with Gasteiger partial charge in [-0.15, -0.1) is 0 Å². The van der Waals surface area contributed by atoms with Crippen LogP contribution in [-0.2, 0) is 4.74 Å². The van der Waals surface area contributed by atoms with Gasteiger partial charge in [0.1, 0.15) is 0 Å². The van der Waals surface area contributed by atoms with E-state index in [0.717, 1.165) is 32.1 Å². The molecule has 3 rings (SSSR count). The summed E-state index contributed by atoms with van der Waals surface area (Å²) in [5.74, 6) is 0. The van der Waals surface area contributed by atoms with E-state index in [1.807, 2.05) is 23.1 Å². The van der Waals surface area contributed by atoms with Gasteiger partial charge in [-0.2, -0.15) is 0 Å². The standard InChI is InChI=1S/C16H21NO3/c18-14-8-6-13(7-9-14)17-15(10-11-20-16(17)19)12-4-2-1-3-5-12/h1-5,13-15,18H,6-11H2. The van der Waals surface area contributed by atoms with Gasteiger partial charge in [0, 0.05) is 12.5 Å². The van der Waals surface area contributed by atoms with Gasteiger partial charge in [-0.25, -0.2) is 4.79 Å². The number of ether oxygens (including phenoxy) is 1. The molecule has 1 N–H and O–H groups in total. The highest BCUT2D eigenvalue weighted by Crippen LogP contribution is 2.35. The number of hydrogen-bond acceptors (Lipinski definition) is 3. The van der Waals surface area contributed by atoms with Gasteiger partial charge >= 0.3 is 6.09 Å². The number of rotatable bonds is 2. The highest BCUT2D eigenvalue weighted by molar-refractivity contribution is 5.69. The number of amides is 1. The van der Waals surface area contributed by atoms with Gasteiger partial charge in [0.05, 0.1) is 18.8 Å². The molecule has 1 heterocycles. The lowest BCUT2D eigenvalue weighted by atomic mass is 9.89. The molecule has 0 radical (unpaired) electrons. The molecule has 20 heavy (non-hydrogen) atoms. The maximum absolute atomic E-state index is 12.2. The molecule has 2 aliphatic rings. The zero-order valence-corrected chi connectivity index (χ0v) is 11.6. The summed E-state index contributed by atoms with van der Waals surface area (Å²) in [7, 11) is 0. The lowest BCUT2D eigenvalue weighted by Crippen LogP contribution is -2.48. The number of cyclic esters (lactones) is 1. The van der Waals surface area contributed by atoms with E-state index in [1.165, 1.54) is 5.56 Å². The predicted molar refractivity (Wildman–Crippen MR) is 75.2 cm³/mol. The molecule has 1 saturated heterocycles. The zero-order chi connectivity index (χ0) is 13.9. The molecule has 1 aliphatic heterocycles. The Bertz CT molecular complexity index is 454. The van der Waals surface area contributed by atoms with Crippen molar-refractivity contribution in [1.29, 1.82) is 0 Å². The topological polar surface area (TPSA) is 49.8 Å². The molecular weight excluding hydrogens is 254 g/mol. The van der Waals surface area contributed by atoms with Crippen molar-refractivity contribution >= 4 is 6.09 Å². The highest BCUT2D eigenvalue weighted by atomic mass is 16.6. The molecule has 1 saturated carbocycles. The summed E-state index contributed by atoms with van der Waals surface area (Å²) in [5.41, 5.74) is 1.18. The van der Waals surface area contributed by atoms with Crippen LogP contribution in [0.1, 0.15) is 43.7 Å². The first-order valence-electron chi connectivity index (χ1n) is 7.44. The van der Waals surface area contributed by atoms with Crippen molar-refractivity contribution in [2.24, 2.45) is 0 Å². The minimum Gasteiger partial charge on any atom is -0.449 e. The summed E-state index contributed by atoms with van der Waals surface area (Å²) in [4.78, 5) is 14.1. The van der Waals surface area contributed by atoms with Crippen molar-refractivity contribution in [3.05, 3.63) is 35.9 Å². The number of carbonyl (C=O) groups excluding carboxylic acids is 1. The van der Waals surface area contributed by atoms with Gasteiger partial charge in [0.15, 0.2) is 0 Å². The van der Waals surface area contributed by atoms with E-state index in [4.69, 9.17) is 4.74 Å². The molecule has 4 heteroatoms. The third-order valence-corrected chi connectivity index (χ3v) is 4.41. The van der Waals surface area contributed by atoms with Crippen LogP contribution in [0.15, 0.2) is 30.3 Å². The van der Waals surface area contributed by atoms with E-state index in [0.29, 0.717) is 6.61 Å². The number of hydrogen-bond donors (Lipinski definition) is 1. The molecule has 0 aromatic heterocycles. The van der Waals surface area contributed by atoms with Crippen LogP contribution >= 0.6 is 0 Å². The number of carbonyl (C=O) groups is 1. The summed E-state index contributed by atoms with van der Waals surface area (Å²) in [6, 6.07) is 10.5. The molecule has 1 aliphatic carbocycles. The van der Waals surface area contributed by atoms with Gasteiger partial charge in [-0.1, -0.05) is 30.3 Å². The van der Waals surface area contributed by atoms with E-state index in [-0.39, 0.29) is 24.3 Å². The molecule has 1 aromatic carbocycles. The van der Waals surface area contributed by atoms with E-state index in [1.54, 1.807) is 0 Å². The Balaban J connectivity index is 1.82. The zero-order valence-electron chi connectivity index (χ0n) is 11.6. The summed E-state index contributed by atoms with van der Waals surface area (Å²) < 4.78 is 5.25. The van der Waals surface area contributed by atoms with Crippen LogP contribution in [0.3, 0.4) is 0 Å². The SMILES string of the molecule is O=C1OCCC(c2ccccc2)N1C1CCC(O)CC1. The number of nitrogens with zero attached hydrogens (tertiary/aromatic N) is 1. The van der Waals surface area contributed by atoms with Crippen molar-refractivity contribution in [3.8, 4) is 0 Å². The third-order valence-electron chi connectivity index (χ3n) is 4.41. The molecule has 1 atom stereocenters. The first-order chi connectivity index (χ1) is 9.75. The Kier molecular flexibility index (Phi) is 3.92. The maximum atomic E-state index is 12.2. The molecule has 2 fully saturated rings. The summed E-state index contributed by atoms with van der Waals surface area (Å²) in [6.07, 6.45) is 3.70. The normalized spacial score (nSPS) is 30.9. The van der Waals surface area contributed by atoms with Gasteiger partial charge in [-0.05, 0) is 31.2 Å². The number of aliphatic hydroxyl groups is 1. The molecule has 1 unspecified atom stereocenters. The lowest BCUT2D eigenvalue weighted by Gasteiger charge is -2.42. The van der Waals surface area contributed by atoms with Gasteiger partial charge in [0.25, 0.3) is 0 Å². The van der Waals surface area contributed by atoms with Crippen LogP contribution in [0, 0.1) is 0 Å². The Morgan fingerprint density at radius 1 is 1.05 bits per heavy atom. The second-order valence-corrected chi connectivity index (χ2v) is 5.70. The second kappa shape index (κ2) is 5.83. The predicted octanol–water partition coefficient (Wildman–Crippen LogP) is 2.87. The van der Waals surface area contributed by atoms with Gasteiger partial charge in [-0.3, -0.25) is 4.90 Å². The molecule has 4 nitrogen and oxygen atoms in total. The van der Waals surface area contributed by atoms with Crippen LogP contribution in [0.25, 0.3) is 0 Å². The fraction of sp³-hybridized carbons (Fsp3) is 0.562. The average molecular weight is 275 g/mol. The maximum Gasteiger partial charge on any atom is 0.410 e. The minimum atomic E-state index is -0.206. The molecule has 108 valence electrons. The van der Waals surface area contributed by atoms with E-state index < -0.39 is 0 Å². The Labute approximate surface area is 119 Å². The first kappa shape index (κ1) is 13.4. The largest absolute Gasteiger partial charge is 0.449 e. The van der Waals surface area contributed by atoms with Crippen LogP contribution in [-0.4, -0.2) is 34.9 Å². The fourth-order valence-corrected chi connectivity index (χ4v) is 3.34. The van der Waals surface area contributed by atoms with Crippen LogP contribution in [0.5, 0.6) is 0 Å². The lowest BCUT2D eigenvalue weighted by molar-refractivity contribution is 0.00191. The van der Waals surface area contributed by atoms with Crippen molar-refractivity contribution in [2.45, 2.75) is 50.3 Å². The van der Waals surface area contributed by atoms with Crippen LogP contribution in [0.4, 0.5) is 4.79 Å². The monoisotopic (exact) mass is 275 g/mol. The summed E-state index contributed by atoms with van der Waals surface area (Å²) in [5, 5.41) is 9.64. The van der Waals surface area contributed by atoms with Gasteiger partial charge in [0.2, 0.25) is 0 Å². The molecule has 0 bridgehead atoms. The Hall–Kier alpha value is -1.55. The smallest absolute Gasteiger partial charge is 0.410 e. The molecule has 1 aromatic rings. The van der Waals surface area contributed by atoms with Crippen molar-refractivity contribution in [1.82, 2.24) is 4.90 Å². The average Bonchev–Trinajstić information content (AvgIpc) is 2.49. The quantitative estimate of drug-likeness (QED) is 0.903. The van der Waals surface area contributed by atoms with Crippen molar-refractivity contribution in [2.75, 3.05) is 6.61 Å². The molecular formula is C16H21NO3. The van der Waals surface area contributed by atoms with Crippen LogP contribution < -0.4 is 0 Å². The fourth-order valence-electron chi connectivity index (χ4n) is 3.34. The van der Waals surface area contributed by atoms with E-state index in [9.17, 15) is 9.90 Å². The first-order valence-corrected chi connectivity index (χ1v) is 7.44. The number of benzene rings is 1. The van der Waals surface area contributed by atoms with E-state index in [2.05, 4.69) is 12.1 Å². The second-order valence-electron chi connectivity index (χ2n) is 5.70. The number of aliphatic hydroxyl groups excluding tert-OH is 1. The molecule has 0 spiro atoms. The summed E-state index contributed by atoms with van der Waals surface area (Å²) in [6.45, 7) is 0.490. The van der Waals surface area contributed by atoms with Gasteiger partial charge < -0.3 is 9.84 Å².